The molecule has 0 radical (unpaired) electrons. The van der Waals surface area contributed by atoms with Crippen LogP contribution >= 0.6 is 0 Å². The van der Waals surface area contributed by atoms with Crippen LogP contribution in [0.3, 0.4) is 0 Å². The van der Waals surface area contributed by atoms with Gasteiger partial charge in [-0.3, -0.25) is 10.1 Å². The fraction of sp³-hybridized carbons (Fsp3) is 0.125. The Hall–Kier alpha value is -1.91. The van der Waals surface area contributed by atoms with Crippen molar-refractivity contribution in [2.45, 2.75) is 6.92 Å². The van der Waals surface area contributed by atoms with E-state index in [0.29, 0.717) is 0 Å². The molecule has 0 unspecified atom stereocenters. The van der Waals surface area contributed by atoms with Crippen LogP contribution in [0.2, 0.25) is 0 Å². The Morgan fingerprint density at radius 2 is 1.77 bits per heavy atom. The van der Waals surface area contributed by atoms with Gasteiger partial charge in [-0.2, -0.15) is 0 Å². The largest absolute Gasteiger partial charge is 0.508 e. The molecular weight excluding hydrogens is 174 g/mol. The highest BCUT2D eigenvalue weighted by Gasteiger charge is 2.01. The van der Waals surface area contributed by atoms with E-state index in [0.717, 1.165) is 6.29 Å². The van der Waals surface area contributed by atoms with Gasteiger partial charge >= 0.3 is 0 Å². The summed E-state index contributed by atoms with van der Waals surface area (Å²) in [6.45, 7) is 1.44. The predicted molar refractivity (Wildman–Crippen MR) is 46.5 cm³/mol. The number of non-ortho nitro benzene ring substituents is 1. The molecule has 1 N–H and O–H groups in total. The maximum Gasteiger partial charge on any atom is 0.269 e. The quantitative estimate of drug-likeness (QED) is 0.406. The number of aromatic hydroxyl groups is 1. The molecule has 0 aliphatic heterocycles. The normalized spacial score (nSPS) is 8.08. The number of rotatable bonds is 1. The average Bonchev–Trinajstić information content (AvgIpc) is 2.06. The van der Waals surface area contributed by atoms with Crippen molar-refractivity contribution < 1.29 is 14.8 Å². The van der Waals surface area contributed by atoms with E-state index in [1.165, 1.54) is 31.2 Å². The highest BCUT2D eigenvalue weighted by molar-refractivity contribution is 5.44. The topological polar surface area (TPSA) is 80.4 Å². The predicted octanol–water partition coefficient (Wildman–Crippen LogP) is 1.51. The van der Waals surface area contributed by atoms with Gasteiger partial charge in [-0.25, -0.2) is 0 Å². The van der Waals surface area contributed by atoms with Gasteiger partial charge in [0, 0.05) is 12.1 Å². The fourth-order valence-corrected chi connectivity index (χ4v) is 0.574. The third-order valence-electron chi connectivity index (χ3n) is 1.06. The van der Waals surface area contributed by atoms with Crippen LogP contribution in [0.25, 0.3) is 0 Å². The Labute approximate surface area is 74.8 Å². The van der Waals surface area contributed by atoms with Crippen molar-refractivity contribution >= 4 is 12.0 Å². The van der Waals surface area contributed by atoms with Gasteiger partial charge in [0.2, 0.25) is 0 Å². The first kappa shape index (κ1) is 11.1. The van der Waals surface area contributed by atoms with E-state index in [1.807, 2.05) is 0 Å². The van der Waals surface area contributed by atoms with Gasteiger partial charge in [-0.05, 0) is 19.1 Å². The summed E-state index contributed by atoms with van der Waals surface area (Å²) < 4.78 is 0. The number of aldehydes is 1. The summed E-state index contributed by atoms with van der Waals surface area (Å²) in [5, 5.41) is 18.8. The number of hydrogen-bond donors (Lipinski definition) is 1. The lowest BCUT2D eigenvalue weighted by atomic mass is 10.3. The van der Waals surface area contributed by atoms with Crippen LogP contribution < -0.4 is 0 Å². The maximum absolute atomic E-state index is 10.0. The van der Waals surface area contributed by atoms with Gasteiger partial charge in [-0.1, -0.05) is 0 Å². The molecule has 13 heavy (non-hydrogen) atoms. The number of carbonyl (C=O) groups is 1. The van der Waals surface area contributed by atoms with E-state index in [4.69, 9.17) is 9.90 Å². The molecule has 0 aliphatic carbocycles. The Kier molecular flexibility index (Phi) is 4.87. The molecule has 0 heterocycles. The molecule has 1 rings (SSSR count). The number of nitro groups is 1. The summed E-state index contributed by atoms with van der Waals surface area (Å²) in [6.07, 6.45) is 0.750. The maximum atomic E-state index is 10.0. The first-order valence-corrected chi connectivity index (χ1v) is 3.45. The number of carbonyl (C=O) groups excluding carboxylic acids is 1. The zero-order valence-corrected chi connectivity index (χ0v) is 7.01. The van der Waals surface area contributed by atoms with Crippen LogP contribution in [0.15, 0.2) is 24.3 Å². The molecule has 0 amide bonds. The van der Waals surface area contributed by atoms with E-state index in [1.54, 1.807) is 0 Å². The Bertz CT molecular complexity index is 281. The monoisotopic (exact) mass is 183 g/mol. The molecule has 0 fully saturated rings. The molecular formula is C8H9NO4. The van der Waals surface area contributed by atoms with Gasteiger partial charge in [0.15, 0.2) is 0 Å². The van der Waals surface area contributed by atoms with Crippen LogP contribution in [0.4, 0.5) is 5.69 Å². The van der Waals surface area contributed by atoms with Crippen LogP contribution in [-0.4, -0.2) is 16.3 Å². The molecule has 0 spiro atoms. The summed E-state index contributed by atoms with van der Waals surface area (Å²) in [4.78, 5) is 18.3. The van der Waals surface area contributed by atoms with Crippen molar-refractivity contribution in [3.8, 4) is 5.75 Å². The number of nitro benzene ring substituents is 1. The third kappa shape index (κ3) is 4.52. The van der Waals surface area contributed by atoms with Crippen molar-refractivity contribution in [1.82, 2.24) is 0 Å². The summed E-state index contributed by atoms with van der Waals surface area (Å²) >= 11 is 0. The molecule has 0 saturated carbocycles. The summed E-state index contributed by atoms with van der Waals surface area (Å²) in [5.41, 5.74) is -0.0159. The molecule has 5 heteroatoms. The van der Waals surface area contributed by atoms with E-state index in [2.05, 4.69) is 0 Å². The van der Waals surface area contributed by atoms with E-state index < -0.39 is 4.92 Å². The van der Waals surface area contributed by atoms with Crippen molar-refractivity contribution in [2.75, 3.05) is 0 Å². The first-order chi connectivity index (χ1) is 6.11. The Morgan fingerprint density at radius 3 is 2.08 bits per heavy atom. The molecule has 70 valence electrons. The van der Waals surface area contributed by atoms with Crippen molar-refractivity contribution in [1.29, 1.82) is 0 Å². The summed E-state index contributed by atoms with van der Waals surface area (Å²) in [6, 6.07) is 5.04. The van der Waals surface area contributed by atoms with E-state index in [-0.39, 0.29) is 11.4 Å². The molecule has 0 aromatic heterocycles. The number of phenols is 1. The summed E-state index contributed by atoms with van der Waals surface area (Å²) in [7, 11) is 0. The average molecular weight is 183 g/mol. The molecule has 1 aromatic rings. The molecule has 0 saturated heterocycles. The Morgan fingerprint density at radius 1 is 1.38 bits per heavy atom. The number of hydrogen-bond acceptors (Lipinski definition) is 4. The van der Waals surface area contributed by atoms with Crippen molar-refractivity contribution in [3.63, 3.8) is 0 Å². The van der Waals surface area contributed by atoms with Crippen LogP contribution in [0.5, 0.6) is 5.75 Å². The second kappa shape index (κ2) is 5.70. The molecule has 1 aromatic carbocycles. The number of phenolic OH excluding ortho intramolecular Hbond substituents is 1. The van der Waals surface area contributed by atoms with Crippen LogP contribution in [-0.2, 0) is 4.79 Å². The molecule has 0 bridgehead atoms. The highest BCUT2D eigenvalue weighted by Crippen LogP contribution is 2.14. The fourth-order valence-electron chi connectivity index (χ4n) is 0.574. The highest BCUT2D eigenvalue weighted by atomic mass is 16.6. The zero-order valence-electron chi connectivity index (χ0n) is 7.01. The number of benzene rings is 1. The summed E-state index contributed by atoms with van der Waals surface area (Å²) in [5.74, 6) is 0.0330. The minimum absolute atomic E-state index is 0.0159. The van der Waals surface area contributed by atoms with Gasteiger partial charge in [0.25, 0.3) is 5.69 Å². The molecule has 5 nitrogen and oxygen atoms in total. The van der Waals surface area contributed by atoms with E-state index in [9.17, 15) is 10.1 Å². The lowest BCUT2D eigenvalue weighted by Gasteiger charge is -1.89. The zero-order chi connectivity index (χ0) is 10.3. The minimum atomic E-state index is -0.514. The SMILES string of the molecule is CC=O.O=[N+]([O-])c1ccc(O)cc1. The lowest BCUT2D eigenvalue weighted by molar-refractivity contribution is -0.384. The molecule has 0 atom stereocenters. The lowest BCUT2D eigenvalue weighted by Crippen LogP contribution is -1.85. The molecule has 0 aliphatic rings. The second-order valence-electron chi connectivity index (χ2n) is 2.01. The van der Waals surface area contributed by atoms with Gasteiger partial charge < -0.3 is 9.90 Å². The van der Waals surface area contributed by atoms with Gasteiger partial charge in [-0.15, -0.1) is 0 Å². The van der Waals surface area contributed by atoms with Crippen LogP contribution in [0, 0.1) is 10.1 Å². The Balaban J connectivity index is 0.000000424. The third-order valence-corrected chi connectivity index (χ3v) is 1.06. The van der Waals surface area contributed by atoms with Crippen molar-refractivity contribution in [2.24, 2.45) is 0 Å². The van der Waals surface area contributed by atoms with Gasteiger partial charge in [0.1, 0.15) is 12.0 Å². The van der Waals surface area contributed by atoms with Crippen LogP contribution in [0.1, 0.15) is 6.92 Å². The smallest absolute Gasteiger partial charge is 0.269 e. The minimum Gasteiger partial charge on any atom is -0.508 e. The second-order valence-corrected chi connectivity index (χ2v) is 2.01. The van der Waals surface area contributed by atoms with E-state index >= 15 is 0 Å². The van der Waals surface area contributed by atoms with Crippen molar-refractivity contribution in [3.05, 3.63) is 34.4 Å². The van der Waals surface area contributed by atoms with Gasteiger partial charge in [0.05, 0.1) is 4.92 Å². The number of nitrogens with zero attached hydrogens (tertiary/aromatic N) is 1. The standard InChI is InChI=1S/C6H5NO3.C2H4O/c8-6-3-1-5(2-4-6)7(9)10;1-2-3/h1-4,8H;2H,1H3. The first-order valence-electron chi connectivity index (χ1n) is 3.45.